The van der Waals surface area contributed by atoms with E-state index in [4.69, 9.17) is 32.4 Å². The van der Waals surface area contributed by atoms with Gasteiger partial charge in [-0.2, -0.15) is 0 Å². The molecule has 0 spiro atoms. The highest BCUT2D eigenvalue weighted by Gasteiger charge is 2.24. The van der Waals surface area contributed by atoms with E-state index in [-0.39, 0.29) is 6.61 Å². The SMILES string of the molecule is CCOC(=O)c1c(C)oc(-c2ccc(Cl)cc2)c1C#Cc1ccc(Cl)cc1. The molecule has 0 saturated heterocycles. The Kier molecular flexibility index (Phi) is 5.91. The summed E-state index contributed by atoms with van der Waals surface area (Å²) in [5.74, 6) is 6.63. The van der Waals surface area contributed by atoms with Crippen LogP contribution in [0, 0.1) is 18.8 Å². The molecule has 0 aliphatic carbocycles. The van der Waals surface area contributed by atoms with Crippen LogP contribution in [0.4, 0.5) is 0 Å². The molecule has 3 nitrogen and oxygen atoms in total. The number of ether oxygens (including phenoxy) is 1. The van der Waals surface area contributed by atoms with Gasteiger partial charge in [-0.3, -0.25) is 0 Å². The van der Waals surface area contributed by atoms with E-state index in [1.165, 1.54) is 0 Å². The molecule has 0 bridgehead atoms. The molecule has 0 aliphatic rings. The van der Waals surface area contributed by atoms with Gasteiger partial charge in [0.1, 0.15) is 11.3 Å². The zero-order chi connectivity index (χ0) is 19.4. The normalized spacial score (nSPS) is 10.2. The van der Waals surface area contributed by atoms with Crippen molar-refractivity contribution in [2.75, 3.05) is 6.61 Å². The third kappa shape index (κ3) is 4.36. The van der Waals surface area contributed by atoms with Crippen molar-refractivity contribution in [3.8, 4) is 23.2 Å². The van der Waals surface area contributed by atoms with Crippen molar-refractivity contribution in [1.82, 2.24) is 0 Å². The fraction of sp³-hybridized carbons (Fsp3) is 0.136. The number of furan rings is 1. The molecule has 0 atom stereocenters. The quantitative estimate of drug-likeness (QED) is 0.392. The fourth-order valence-corrected chi connectivity index (χ4v) is 2.84. The van der Waals surface area contributed by atoms with Gasteiger partial charge in [-0.15, -0.1) is 0 Å². The molecular formula is C22H16Cl2O3. The Morgan fingerprint density at radius 2 is 1.59 bits per heavy atom. The molecule has 1 heterocycles. The van der Waals surface area contributed by atoms with Crippen molar-refractivity contribution in [1.29, 1.82) is 0 Å². The molecule has 2 aromatic carbocycles. The summed E-state index contributed by atoms with van der Waals surface area (Å²) in [7, 11) is 0. The van der Waals surface area contributed by atoms with Crippen LogP contribution in [-0.2, 0) is 4.74 Å². The third-order valence-electron chi connectivity index (χ3n) is 3.85. The molecule has 0 amide bonds. The van der Waals surface area contributed by atoms with Gasteiger partial charge in [0.15, 0.2) is 5.76 Å². The minimum absolute atomic E-state index is 0.268. The van der Waals surface area contributed by atoms with Crippen molar-refractivity contribution in [2.24, 2.45) is 0 Å². The molecule has 136 valence electrons. The van der Waals surface area contributed by atoms with Crippen LogP contribution < -0.4 is 0 Å². The summed E-state index contributed by atoms with van der Waals surface area (Å²) in [5.41, 5.74) is 2.38. The Balaban J connectivity index is 2.14. The highest BCUT2D eigenvalue weighted by molar-refractivity contribution is 6.30. The van der Waals surface area contributed by atoms with Gasteiger partial charge in [0.05, 0.1) is 12.2 Å². The molecule has 5 heteroatoms. The smallest absolute Gasteiger partial charge is 0.343 e. The highest BCUT2D eigenvalue weighted by atomic mass is 35.5. The Bertz CT molecular complexity index is 1020. The Hall–Kier alpha value is -2.67. The highest BCUT2D eigenvalue weighted by Crippen LogP contribution is 2.32. The van der Waals surface area contributed by atoms with E-state index in [1.807, 2.05) is 24.3 Å². The van der Waals surface area contributed by atoms with Gasteiger partial charge in [-0.05, 0) is 62.4 Å². The van der Waals surface area contributed by atoms with E-state index in [0.717, 1.165) is 11.1 Å². The van der Waals surface area contributed by atoms with Gasteiger partial charge < -0.3 is 9.15 Å². The summed E-state index contributed by atoms with van der Waals surface area (Å²) in [6, 6.07) is 14.3. The Morgan fingerprint density at radius 3 is 2.19 bits per heavy atom. The third-order valence-corrected chi connectivity index (χ3v) is 4.35. The minimum atomic E-state index is -0.459. The molecule has 27 heavy (non-hydrogen) atoms. The minimum Gasteiger partial charge on any atom is -0.462 e. The monoisotopic (exact) mass is 398 g/mol. The molecule has 3 aromatic rings. The van der Waals surface area contributed by atoms with E-state index in [1.54, 1.807) is 38.1 Å². The maximum atomic E-state index is 12.5. The zero-order valence-corrected chi connectivity index (χ0v) is 16.3. The van der Waals surface area contributed by atoms with Crippen LogP contribution in [0.15, 0.2) is 52.9 Å². The number of halogens is 2. The second kappa shape index (κ2) is 8.35. The molecular weight excluding hydrogens is 383 g/mol. The number of carbonyl (C=O) groups excluding carboxylic acids is 1. The Morgan fingerprint density at radius 1 is 1.00 bits per heavy atom. The first-order chi connectivity index (χ1) is 13.0. The largest absolute Gasteiger partial charge is 0.462 e. The first-order valence-corrected chi connectivity index (χ1v) is 9.09. The Labute approximate surface area is 167 Å². The predicted molar refractivity (Wildman–Crippen MR) is 107 cm³/mol. The van der Waals surface area contributed by atoms with Crippen LogP contribution in [0.3, 0.4) is 0 Å². The van der Waals surface area contributed by atoms with Gasteiger partial charge in [0.25, 0.3) is 0 Å². The zero-order valence-electron chi connectivity index (χ0n) is 14.8. The van der Waals surface area contributed by atoms with Crippen LogP contribution in [0.2, 0.25) is 10.0 Å². The second-order valence-corrected chi connectivity index (χ2v) is 6.59. The summed E-state index contributed by atoms with van der Waals surface area (Å²) in [5, 5.41) is 1.25. The van der Waals surface area contributed by atoms with Crippen molar-refractivity contribution in [3.05, 3.63) is 81.0 Å². The van der Waals surface area contributed by atoms with Crippen molar-refractivity contribution >= 4 is 29.2 Å². The van der Waals surface area contributed by atoms with Gasteiger partial charge in [0.2, 0.25) is 0 Å². The first kappa shape index (κ1) is 19.1. The van der Waals surface area contributed by atoms with Gasteiger partial charge in [0, 0.05) is 21.2 Å². The summed E-state index contributed by atoms with van der Waals surface area (Å²) >= 11 is 11.9. The number of hydrogen-bond donors (Lipinski definition) is 0. The number of benzene rings is 2. The van der Waals surface area contributed by atoms with E-state index in [2.05, 4.69) is 11.8 Å². The molecule has 0 radical (unpaired) electrons. The molecule has 0 unspecified atom stereocenters. The lowest BCUT2D eigenvalue weighted by Gasteiger charge is -2.01. The summed E-state index contributed by atoms with van der Waals surface area (Å²) in [4.78, 5) is 12.5. The molecule has 3 rings (SSSR count). The average molecular weight is 399 g/mol. The lowest BCUT2D eigenvalue weighted by molar-refractivity contribution is 0.0524. The predicted octanol–water partition coefficient (Wildman–Crippen LogP) is 6.14. The summed E-state index contributed by atoms with van der Waals surface area (Å²) in [6.07, 6.45) is 0. The van der Waals surface area contributed by atoms with Crippen LogP contribution >= 0.6 is 23.2 Å². The van der Waals surface area contributed by atoms with E-state index in [0.29, 0.717) is 32.7 Å². The van der Waals surface area contributed by atoms with Gasteiger partial charge in [-0.1, -0.05) is 35.0 Å². The maximum absolute atomic E-state index is 12.5. The van der Waals surface area contributed by atoms with Crippen molar-refractivity contribution in [3.63, 3.8) is 0 Å². The first-order valence-electron chi connectivity index (χ1n) is 8.33. The van der Waals surface area contributed by atoms with Crippen LogP contribution in [0.25, 0.3) is 11.3 Å². The lowest BCUT2D eigenvalue weighted by atomic mass is 10.0. The maximum Gasteiger partial charge on any atom is 0.343 e. The molecule has 1 aromatic heterocycles. The number of carbonyl (C=O) groups is 1. The van der Waals surface area contributed by atoms with Crippen LogP contribution in [-0.4, -0.2) is 12.6 Å². The second-order valence-electron chi connectivity index (χ2n) is 5.72. The number of aryl methyl sites for hydroxylation is 1. The average Bonchev–Trinajstić information content (AvgIpc) is 2.98. The fourth-order valence-electron chi connectivity index (χ4n) is 2.59. The molecule has 0 aliphatic heterocycles. The molecule has 0 fully saturated rings. The standard InChI is InChI=1S/C22H16Cl2O3/c1-3-26-22(25)20-14(2)27-21(16-7-11-18(24)12-8-16)19(20)13-6-15-4-9-17(23)10-5-15/h4-5,7-12H,3H2,1-2H3. The van der Waals surface area contributed by atoms with E-state index >= 15 is 0 Å². The van der Waals surface area contributed by atoms with Crippen molar-refractivity contribution in [2.45, 2.75) is 13.8 Å². The number of esters is 1. The van der Waals surface area contributed by atoms with Crippen LogP contribution in [0.5, 0.6) is 0 Å². The van der Waals surface area contributed by atoms with E-state index in [9.17, 15) is 4.79 Å². The number of hydrogen-bond acceptors (Lipinski definition) is 3. The molecule has 0 N–H and O–H groups in total. The summed E-state index contributed by atoms with van der Waals surface area (Å²) < 4.78 is 11.1. The number of rotatable bonds is 3. The summed E-state index contributed by atoms with van der Waals surface area (Å²) in [6.45, 7) is 3.75. The van der Waals surface area contributed by atoms with Crippen LogP contribution in [0.1, 0.15) is 34.2 Å². The van der Waals surface area contributed by atoms with Gasteiger partial charge in [-0.25, -0.2) is 4.79 Å². The van der Waals surface area contributed by atoms with Gasteiger partial charge >= 0.3 is 5.97 Å². The lowest BCUT2D eigenvalue weighted by Crippen LogP contribution is -2.06. The topological polar surface area (TPSA) is 39.4 Å². The van der Waals surface area contributed by atoms with E-state index < -0.39 is 5.97 Å². The van der Waals surface area contributed by atoms with Crippen molar-refractivity contribution < 1.29 is 13.9 Å². The molecule has 0 saturated carbocycles.